The highest BCUT2D eigenvalue weighted by Crippen LogP contribution is 2.32. The van der Waals surface area contributed by atoms with Crippen LogP contribution in [0.1, 0.15) is 11.1 Å². The molecule has 4 rings (SSSR count). The highest BCUT2D eigenvalue weighted by molar-refractivity contribution is 5.87. The van der Waals surface area contributed by atoms with Gasteiger partial charge in [-0.05, 0) is 47.9 Å². The van der Waals surface area contributed by atoms with E-state index in [1.165, 1.54) is 30.3 Å². The first-order chi connectivity index (χ1) is 19.6. The van der Waals surface area contributed by atoms with Gasteiger partial charge in [0.15, 0.2) is 18.2 Å². The quantitative estimate of drug-likeness (QED) is 0.129. The molecule has 0 aromatic heterocycles. The van der Waals surface area contributed by atoms with E-state index >= 15 is 0 Å². The molecule has 2 saturated heterocycles. The van der Waals surface area contributed by atoms with Crippen LogP contribution in [-0.2, 0) is 34.9 Å². The molecule has 2 aliphatic heterocycles. The molecule has 8 atom stereocenters. The number of ether oxygens (including phenoxy) is 5. The molecule has 0 spiro atoms. The first-order valence-corrected chi connectivity index (χ1v) is 12.9. The maximum Gasteiger partial charge on any atom is 0.330 e. The number of rotatable bonds is 11. The van der Waals surface area contributed by atoms with Crippen LogP contribution in [0.3, 0.4) is 0 Å². The SMILES string of the molecule is O=C(/C=C/c1ccc(O)cc1)OC[C@]1(O)COC(O[C@@H]2C(OCCc3ccc(O)cc3)OC(CO)[C@H](O)[C@@H]2O)[C@H]1O. The van der Waals surface area contributed by atoms with Gasteiger partial charge in [-0.25, -0.2) is 4.79 Å². The summed E-state index contributed by atoms with van der Waals surface area (Å²) in [5.41, 5.74) is -0.591. The summed E-state index contributed by atoms with van der Waals surface area (Å²) in [5.74, 6) is -0.627. The average Bonchev–Trinajstić information content (AvgIpc) is 3.25. The Balaban J connectivity index is 1.34. The van der Waals surface area contributed by atoms with Crippen LogP contribution in [0, 0.1) is 0 Å². The van der Waals surface area contributed by atoms with E-state index in [1.54, 1.807) is 24.3 Å². The minimum atomic E-state index is -2.05. The van der Waals surface area contributed by atoms with E-state index in [9.17, 15) is 40.5 Å². The summed E-state index contributed by atoms with van der Waals surface area (Å²) in [6.07, 6.45) is -7.34. The van der Waals surface area contributed by atoms with Gasteiger partial charge in [0.2, 0.25) is 0 Å². The predicted octanol–water partition coefficient (Wildman–Crippen LogP) is -0.814. The number of phenols is 2. The third-order valence-electron chi connectivity index (χ3n) is 6.80. The molecule has 2 aliphatic rings. The van der Waals surface area contributed by atoms with Crippen LogP contribution in [0.15, 0.2) is 54.6 Å². The van der Waals surface area contributed by atoms with Crippen molar-refractivity contribution in [2.45, 2.75) is 55.1 Å². The standard InChI is InChI=1S/C28H34O13/c29-13-20-22(33)23(34)24(26(40-20)37-12-11-17-3-8-19(31)9-4-17)41-27-25(35)28(36,15-39-27)14-38-21(32)10-5-16-1-6-18(30)7-2-16/h1-10,20,22-27,29-31,33-36H,11-15H2/b10-5+/t20?,22-,23-,24-,25+,26?,27?,28-/m0/s1. The lowest BCUT2D eigenvalue weighted by atomic mass is 9.98. The molecule has 2 aromatic carbocycles. The number of hydrogen-bond donors (Lipinski definition) is 7. The Morgan fingerprint density at radius 1 is 0.976 bits per heavy atom. The molecular formula is C28H34O13. The molecule has 2 fully saturated rings. The van der Waals surface area contributed by atoms with E-state index in [1.807, 2.05) is 0 Å². The molecule has 2 aromatic rings. The summed E-state index contributed by atoms with van der Waals surface area (Å²) in [5, 5.41) is 71.0. The number of carbonyl (C=O) groups is 1. The number of aliphatic hydroxyl groups is 5. The van der Waals surface area contributed by atoms with Gasteiger partial charge in [-0.2, -0.15) is 0 Å². The average molecular weight is 579 g/mol. The molecule has 7 N–H and O–H groups in total. The van der Waals surface area contributed by atoms with E-state index < -0.39 is 74.5 Å². The Morgan fingerprint density at radius 2 is 1.63 bits per heavy atom. The van der Waals surface area contributed by atoms with E-state index in [4.69, 9.17) is 23.7 Å². The first kappa shape index (κ1) is 30.8. The van der Waals surface area contributed by atoms with Crippen LogP contribution in [0.2, 0.25) is 0 Å². The fourth-order valence-electron chi connectivity index (χ4n) is 4.34. The van der Waals surface area contributed by atoms with Crippen molar-refractivity contribution < 1.29 is 64.2 Å². The van der Waals surface area contributed by atoms with E-state index in [0.29, 0.717) is 12.0 Å². The van der Waals surface area contributed by atoms with Crippen LogP contribution >= 0.6 is 0 Å². The van der Waals surface area contributed by atoms with Crippen molar-refractivity contribution in [3.8, 4) is 11.5 Å². The third-order valence-corrected chi connectivity index (χ3v) is 6.80. The predicted molar refractivity (Wildman–Crippen MR) is 139 cm³/mol. The monoisotopic (exact) mass is 578 g/mol. The number of hydrogen-bond acceptors (Lipinski definition) is 13. The van der Waals surface area contributed by atoms with E-state index in [0.717, 1.165) is 11.6 Å². The molecule has 0 aliphatic carbocycles. The molecule has 0 bridgehead atoms. The van der Waals surface area contributed by atoms with Crippen LogP contribution < -0.4 is 0 Å². The van der Waals surface area contributed by atoms with Crippen LogP contribution in [-0.4, -0.2) is 117 Å². The van der Waals surface area contributed by atoms with Crippen LogP contribution in [0.4, 0.5) is 0 Å². The summed E-state index contributed by atoms with van der Waals surface area (Å²) in [6, 6.07) is 12.5. The fraction of sp³-hybridized carbons (Fsp3) is 0.464. The Hall–Kier alpha value is -3.11. The Bertz CT molecular complexity index is 1150. The van der Waals surface area contributed by atoms with Gasteiger partial charge in [-0.1, -0.05) is 24.3 Å². The molecule has 13 nitrogen and oxygen atoms in total. The zero-order valence-corrected chi connectivity index (χ0v) is 21.9. The van der Waals surface area contributed by atoms with Gasteiger partial charge in [-0.3, -0.25) is 0 Å². The minimum Gasteiger partial charge on any atom is -0.508 e. The smallest absolute Gasteiger partial charge is 0.330 e. The van der Waals surface area contributed by atoms with Crippen molar-refractivity contribution in [2.75, 3.05) is 26.4 Å². The second kappa shape index (κ2) is 13.7. The number of aliphatic hydroxyl groups excluding tert-OH is 4. The van der Waals surface area contributed by atoms with Crippen molar-refractivity contribution in [2.24, 2.45) is 0 Å². The lowest BCUT2D eigenvalue weighted by molar-refractivity contribution is -0.335. The summed E-state index contributed by atoms with van der Waals surface area (Å²) < 4.78 is 27.5. The largest absolute Gasteiger partial charge is 0.508 e. The number of aromatic hydroxyl groups is 2. The van der Waals surface area contributed by atoms with Crippen molar-refractivity contribution in [3.63, 3.8) is 0 Å². The lowest BCUT2D eigenvalue weighted by Crippen LogP contribution is -2.61. The third kappa shape index (κ3) is 7.80. The van der Waals surface area contributed by atoms with Crippen molar-refractivity contribution in [1.29, 1.82) is 0 Å². The number of carbonyl (C=O) groups excluding carboxylic acids is 1. The van der Waals surface area contributed by atoms with Gasteiger partial charge in [0.1, 0.15) is 48.6 Å². The minimum absolute atomic E-state index is 0.0703. The molecule has 0 amide bonds. The summed E-state index contributed by atoms with van der Waals surface area (Å²) in [4.78, 5) is 12.1. The molecule has 224 valence electrons. The maximum absolute atomic E-state index is 12.1. The fourth-order valence-corrected chi connectivity index (χ4v) is 4.34. The zero-order valence-electron chi connectivity index (χ0n) is 21.9. The molecule has 41 heavy (non-hydrogen) atoms. The van der Waals surface area contributed by atoms with Crippen molar-refractivity contribution in [1.82, 2.24) is 0 Å². The Labute approximate surface area is 235 Å². The number of benzene rings is 2. The number of esters is 1. The van der Waals surface area contributed by atoms with Gasteiger partial charge in [0.25, 0.3) is 0 Å². The topological polar surface area (TPSA) is 205 Å². The van der Waals surface area contributed by atoms with E-state index in [2.05, 4.69) is 0 Å². The van der Waals surface area contributed by atoms with E-state index in [-0.39, 0.29) is 18.1 Å². The van der Waals surface area contributed by atoms with Gasteiger partial charge in [-0.15, -0.1) is 0 Å². The van der Waals surface area contributed by atoms with Gasteiger partial charge in [0.05, 0.1) is 19.8 Å². The Morgan fingerprint density at radius 3 is 2.29 bits per heavy atom. The number of phenolic OH excluding ortho intramolecular Hbond substituents is 2. The lowest BCUT2D eigenvalue weighted by Gasteiger charge is -2.42. The summed E-state index contributed by atoms with van der Waals surface area (Å²) >= 11 is 0. The molecule has 0 saturated carbocycles. The van der Waals surface area contributed by atoms with Gasteiger partial charge in [0, 0.05) is 6.08 Å². The second-order valence-electron chi connectivity index (χ2n) is 9.86. The summed E-state index contributed by atoms with van der Waals surface area (Å²) in [6.45, 7) is -1.66. The zero-order chi connectivity index (χ0) is 29.6. The first-order valence-electron chi connectivity index (χ1n) is 12.9. The molecule has 2 heterocycles. The highest BCUT2D eigenvalue weighted by atomic mass is 16.8. The normalized spacial score (nSPS) is 31.9. The van der Waals surface area contributed by atoms with Crippen molar-refractivity contribution in [3.05, 3.63) is 65.7 Å². The second-order valence-corrected chi connectivity index (χ2v) is 9.86. The Kier molecular flexibility index (Phi) is 10.3. The maximum atomic E-state index is 12.1. The highest BCUT2D eigenvalue weighted by Gasteiger charge is 2.53. The van der Waals surface area contributed by atoms with Gasteiger partial charge < -0.3 is 59.4 Å². The molecule has 13 heteroatoms. The summed E-state index contributed by atoms with van der Waals surface area (Å²) in [7, 11) is 0. The van der Waals surface area contributed by atoms with Crippen LogP contribution in [0.5, 0.6) is 11.5 Å². The molecular weight excluding hydrogens is 544 g/mol. The molecule has 3 unspecified atom stereocenters. The van der Waals surface area contributed by atoms with Crippen molar-refractivity contribution >= 4 is 12.0 Å². The molecule has 0 radical (unpaired) electrons. The van der Waals surface area contributed by atoms with Gasteiger partial charge >= 0.3 is 5.97 Å². The van der Waals surface area contributed by atoms with Crippen LogP contribution in [0.25, 0.3) is 6.08 Å².